The lowest BCUT2D eigenvalue weighted by molar-refractivity contribution is 0.123. The zero-order chi connectivity index (χ0) is 19.6. The van der Waals surface area contributed by atoms with Gasteiger partial charge in [-0.15, -0.1) is 0 Å². The molecule has 1 aliphatic heterocycles. The minimum Gasteiger partial charge on any atom is -0.473 e. The molecule has 0 saturated carbocycles. The van der Waals surface area contributed by atoms with Crippen molar-refractivity contribution >= 4 is 10.0 Å². The van der Waals surface area contributed by atoms with Gasteiger partial charge in [-0.2, -0.15) is 9.29 Å². The van der Waals surface area contributed by atoms with Crippen molar-refractivity contribution < 1.29 is 17.9 Å². The van der Waals surface area contributed by atoms with E-state index in [-0.39, 0.29) is 12.1 Å². The summed E-state index contributed by atoms with van der Waals surface area (Å²) in [4.78, 5) is 8.50. The van der Waals surface area contributed by atoms with Crippen LogP contribution >= 0.6 is 0 Å². The van der Waals surface area contributed by atoms with E-state index in [0.29, 0.717) is 23.9 Å². The van der Waals surface area contributed by atoms with Gasteiger partial charge in [0.2, 0.25) is 15.9 Å². The van der Waals surface area contributed by atoms with Gasteiger partial charge in [-0.05, 0) is 61.8 Å². The molecule has 1 atom stereocenters. The zero-order valence-electron chi connectivity index (χ0n) is 16.0. The average Bonchev–Trinajstić information content (AvgIpc) is 2.73. The average molecular weight is 404 g/mol. The number of benzene rings is 1. The van der Waals surface area contributed by atoms with Gasteiger partial charge in [-0.1, -0.05) is 6.07 Å². The van der Waals surface area contributed by atoms with Crippen LogP contribution in [-0.2, 0) is 22.9 Å². The minimum atomic E-state index is -3.54. The number of piperidine rings is 1. The summed E-state index contributed by atoms with van der Waals surface area (Å²) in [5.74, 6) is 0.393. The van der Waals surface area contributed by atoms with E-state index in [1.807, 2.05) is 12.1 Å². The molecule has 0 radical (unpaired) electrons. The molecule has 2 aliphatic rings. The van der Waals surface area contributed by atoms with Crippen LogP contribution < -0.4 is 9.47 Å². The third-order valence-electron chi connectivity index (χ3n) is 5.38. The largest absolute Gasteiger partial charge is 0.473 e. The summed E-state index contributed by atoms with van der Waals surface area (Å²) < 4.78 is 38.9. The third kappa shape index (κ3) is 3.98. The van der Waals surface area contributed by atoms with E-state index < -0.39 is 10.0 Å². The molecule has 28 heavy (non-hydrogen) atoms. The van der Waals surface area contributed by atoms with Crippen molar-refractivity contribution in [1.82, 2.24) is 14.3 Å². The first-order valence-electron chi connectivity index (χ1n) is 9.72. The van der Waals surface area contributed by atoms with Gasteiger partial charge in [-0.25, -0.2) is 13.4 Å². The maximum atomic E-state index is 13.2. The van der Waals surface area contributed by atoms with Gasteiger partial charge < -0.3 is 9.47 Å². The summed E-state index contributed by atoms with van der Waals surface area (Å²) in [6.45, 7) is 0.818. The van der Waals surface area contributed by atoms with Crippen molar-refractivity contribution in [2.45, 2.75) is 49.5 Å². The monoisotopic (exact) mass is 403 g/mol. The molecule has 1 fully saturated rings. The van der Waals surface area contributed by atoms with Gasteiger partial charge in [0.25, 0.3) is 0 Å². The highest BCUT2D eigenvalue weighted by atomic mass is 32.2. The first-order valence-corrected chi connectivity index (χ1v) is 11.2. The van der Waals surface area contributed by atoms with E-state index in [1.165, 1.54) is 29.0 Å². The lowest BCUT2D eigenvalue weighted by Crippen LogP contribution is -2.44. The molecule has 2 heterocycles. The Labute approximate surface area is 165 Å². The standard InChI is InChI=1S/C20H25N3O4S/c1-26-20-21-11-10-19(22-20)27-17-7-4-12-23(14-17)28(24,25)18-9-8-15-5-2-3-6-16(15)13-18/h8-11,13,17H,2-7,12,14H2,1H3. The predicted octanol–water partition coefficient (Wildman–Crippen LogP) is 2.60. The van der Waals surface area contributed by atoms with Gasteiger partial charge in [0.15, 0.2) is 0 Å². The van der Waals surface area contributed by atoms with Gasteiger partial charge in [-0.3, -0.25) is 0 Å². The Kier molecular flexibility index (Phi) is 5.50. The molecule has 150 valence electrons. The van der Waals surface area contributed by atoms with Crippen molar-refractivity contribution in [2.24, 2.45) is 0 Å². The Bertz CT molecular complexity index is 948. The van der Waals surface area contributed by atoms with Crippen LogP contribution in [0.2, 0.25) is 0 Å². The second kappa shape index (κ2) is 8.05. The Balaban J connectivity index is 1.50. The van der Waals surface area contributed by atoms with Crippen LogP contribution in [0.25, 0.3) is 0 Å². The molecule has 1 aromatic heterocycles. The Morgan fingerprint density at radius 2 is 1.93 bits per heavy atom. The topological polar surface area (TPSA) is 81.6 Å². The maximum Gasteiger partial charge on any atom is 0.319 e. The summed E-state index contributed by atoms with van der Waals surface area (Å²) in [5.41, 5.74) is 2.45. The summed E-state index contributed by atoms with van der Waals surface area (Å²) in [7, 11) is -2.04. The molecule has 4 rings (SSSR count). The number of methoxy groups -OCH3 is 1. The van der Waals surface area contributed by atoms with Crippen molar-refractivity contribution in [3.8, 4) is 11.9 Å². The lowest BCUT2D eigenvalue weighted by Gasteiger charge is -2.32. The summed E-state index contributed by atoms with van der Waals surface area (Å²) in [6, 6.07) is 7.47. The van der Waals surface area contributed by atoms with E-state index in [2.05, 4.69) is 9.97 Å². The highest BCUT2D eigenvalue weighted by molar-refractivity contribution is 7.89. The number of sulfonamides is 1. The molecule has 0 amide bonds. The van der Waals surface area contributed by atoms with Gasteiger partial charge in [0.05, 0.1) is 18.6 Å². The number of aryl methyl sites for hydroxylation is 2. The van der Waals surface area contributed by atoms with E-state index in [9.17, 15) is 8.42 Å². The predicted molar refractivity (Wildman–Crippen MR) is 104 cm³/mol. The minimum absolute atomic E-state index is 0.229. The van der Waals surface area contributed by atoms with Crippen molar-refractivity contribution in [2.75, 3.05) is 20.2 Å². The number of hydrogen-bond donors (Lipinski definition) is 0. The zero-order valence-corrected chi connectivity index (χ0v) is 16.8. The van der Waals surface area contributed by atoms with E-state index in [4.69, 9.17) is 9.47 Å². The number of hydrogen-bond acceptors (Lipinski definition) is 6. The maximum absolute atomic E-state index is 13.2. The molecular weight excluding hydrogens is 378 g/mol. The van der Waals surface area contributed by atoms with Crippen LogP contribution in [-0.4, -0.2) is 49.0 Å². The van der Waals surface area contributed by atoms with Crippen molar-refractivity contribution in [3.05, 3.63) is 41.6 Å². The molecule has 1 aliphatic carbocycles. The van der Waals surface area contributed by atoms with Gasteiger partial charge in [0, 0.05) is 18.8 Å². The van der Waals surface area contributed by atoms with E-state index >= 15 is 0 Å². The number of nitrogens with zero attached hydrogens (tertiary/aromatic N) is 3. The quantitative estimate of drug-likeness (QED) is 0.763. The van der Waals surface area contributed by atoms with E-state index in [0.717, 1.165) is 32.1 Å². The molecule has 8 heteroatoms. The lowest BCUT2D eigenvalue weighted by atomic mass is 9.92. The normalized spacial score (nSPS) is 20.4. The third-order valence-corrected chi connectivity index (χ3v) is 7.24. The summed E-state index contributed by atoms with van der Waals surface area (Å²) in [6.07, 6.45) is 7.14. The molecular formula is C20H25N3O4S. The highest BCUT2D eigenvalue weighted by Crippen LogP contribution is 2.28. The molecule has 1 aromatic carbocycles. The fourth-order valence-corrected chi connectivity index (χ4v) is 5.46. The molecule has 0 bridgehead atoms. The van der Waals surface area contributed by atoms with Gasteiger partial charge in [0.1, 0.15) is 6.10 Å². The molecule has 2 aromatic rings. The number of fused-ring (bicyclic) bond motifs is 1. The van der Waals surface area contributed by atoms with Crippen LogP contribution in [0.5, 0.6) is 11.9 Å². The Morgan fingerprint density at radius 3 is 2.75 bits per heavy atom. The number of aromatic nitrogens is 2. The second-order valence-electron chi connectivity index (χ2n) is 7.26. The molecule has 0 spiro atoms. The van der Waals surface area contributed by atoms with Gasteiger partial charge >= 0.3 is 6.01 Å². The first kappa shape index (κ1) is 19.1. The summed E-state index contributed by atoms with van der Waals surface area (Å²) in [5, 5.41) is 0. The second-order valence-corrected chi connectivity index (χ2v) is 9.20. The van der Waals surface area contributed by atoms with Crippen molar-refractivity contribution in [3.63, 3.8) is 0 Å². The number of rotatable bonds is 5. The SMILES string of the molecule is COc1nccc(OC2CCCN(S(=O)(=O)c3ccc4c(c3)CCCC4)C2)n1. The van der Waals surface area contributed by atoms with Crippen LogP contribution in [0.3, 0.4) is 0 Å². The fraction of sp³-hybridized carbons (Fsp3) is 0.500. The summed E-state index contributed by atoms with van der Waals surface area (Å²) >= 11 is 0. The van der Waals surface area contributed by atoms with Crippen LogP contribution in [0.15, 0.2) is 35.4 Å². The highest BCUT2D eigenvalue weighted by Gasteiger charge is 2.32. The van der Waals surface area contributed by atoms with Crippen LogP contribution in [0.1, 0.15) is 36.8 Å². The Morgan fingerprint density at radius 1 is 1.11 bits per heavy atom. The number of ether oxygens (including phenoxy) is 2. The molecule has 1 saturated heterocycles. The fourth-order valence-electron chi connectivity index (χ4n) is 3.90. The molecule has 7 nitrogen and oxygen atoms in total. The first-order chi connectivity index (χ1) is 13.6. The van der Waals surface area contributed by atoms with E-state index in [1.54, 1.807) is 18.3 Å². The molecule has 0 N–H and O–H groups in total. The van der Waals surface area contributed by atoms with Crippen LogP contribution in [0.4, 0.5) is 0 Å². The molecule has 1 unspecified atom stereocenters. The van der Waals surface area contributed by atoms with Crippen LogP contribution in [0, 0.1) is 0 Å². The Hall–Kier alpha value is -2.19. The van der Waals surface area contributed by atoms with Crippen molar-refractivity contribution in [1.29, 1.82) is 0 Å². The smallest absolute Gasteiger partial charge is 0.319 e.